The molecule has 188 valence electrons. The van der Waals surface area contributed by atoms with E-state index in [2.05, 4.69) is 20.6 Å². The minimum absolute atomic E-state index is 0.194. The number of sulfonamides is 1. The first-order valence-electron chi connectivity index (χ1n) is 11.9. The zero-order valence-corrected chi connectivity index (χ0v) is 20.4. The summed E-state index contributed by atoms with van der Waals surface area (Å²) in [5, 5.41) is 6.16. The molecule has 0 bridgehead atoms. The molecule has 0 spiro atoms. The minimum Gasteiger partial charge on any atom is -0.342 e. The number of aromatic nitrogens is 2. The fourth-order valence-electron chi connectivity index (χ4n) is 4.36. The topological polar surface area (TPSA) is 108 Å². The van der Waals surface area contributed by atoms with Crippen LogP contribution in [0.3, 0.4) is 0 Å². The van der Waals surface area contributed by atoms with Crippen LogP contribution in [0.4, 0.5) is 27.5 Å². The number of piperidine rings is 1. The fraction of sp³-hybridized carbons (Fsp3) is 0.320. The summed E-state index contributed by atoms with van der Waals surface area (Å²) in [6, 6.07) is 14.1. The van der Waals surface area contributed by atoms with Gasteiger partial charge in [0.1, 0.15) is 11.6 Å². The second-order valence-corrected chi connectivity index (χ2v) is 10.9. The number of carbonyl (C=O) groups excluding carboxylic acids is 1. The molecule has 2 aliphatic heterocycles. The molecule has 0 aliphatic carbocycles. The lowest BCUT2D eigenvalue weighted by Crippen LogP contribution is -2.48. The molecule has 2 fully saturated rings. The normalized spacial score (nSPS) is 17.0. The Morgan fingerprint density at radius 3 is 2.22 bits per heavy atom. The van der Waals surface area contributed by atoms with Gasteiger partial charge in [-0.3, -0.25) is 4.79 Å². The first-order chi connectivity index (χ1) is 17.4. The Hall–Kier alpha value is -3.57. The monoisotopic (exact) mass is 510 g/mol. The fourth-order valence-corrected chi connectivity index (χ4v) is 5.83. The number of anilines is 4. The molecule has 2 aromatic carbocycles. The summed E-state index contributed by atoms with van der Waals surface area (Å²) in [5.41, 5.74) is 1.33. The predicted octanol–water partition coefficient (Wildman–Crippen LogP) is 3.74. The van der Waals surface area contributed by atoms with Gasteiger partial charge < -0.3 is 15.5 Å². The SMILES string of the molecule is O=C1CCN1CC1CCN(S(=O)(=O)c2ccc(Nc3nccc(Nc4ccc(F)cc4)n3)cc2)CC1. The molecule has 0 radical (unpaired) electrons. The highest BCUT2D eigenvalue weighted by molar-refractivity contribution is 7.89. The van der Waals surface area contributed by atoms with Crippen LogP contribution in [-0.2, 0) is 14.8 Å². The number of rotatable bonds is 8. The lowest BCUT2D eigenvalue weighted by atomic mass is 9.96. The van der Waals surface area contributed by atoms with Gasteiger partial charge in [0.05, 0.1) is 4.90 Å². The number of nitrogens with zero attached hydrogens (tertiary/aromatic N) is 4. The largest absolute Gasteiger partial charge is 0.342 e. The molecule has 36 heavy (non-hydrogen) atoms. The van der Waals surface area contributed by atoms with Crippen molar-refractivity contribution in [2.75, 3.05) is 36.8 Å². The number of amides is 1. The van der Waals surface area contributed by atoms with E-state index < -0.39 is 10.0 Å². The van der Waals surface area contributed by atoms with Crippen molar-refractivity contribution in [3.05, 3.63) is 66.6 Å². The van der Waals surface area contributed by atoms with Gasteiger partial charge in [0.25, 0.3) is 0 Å². The summed E-state index contributed by atoms with van der Waals surface area (Å²) in [4.78, 5) is 22.2. The van der Waals surface area contributed by atoms with Crippen molar-refractivity contribution in [2.24, 2.45) is 5.92 Å². The third-order valence-electron chi connectivity index (χ3n) is 6.52. The van der Waals surface area contributed by atoms with Crippen LogP contribution in [0.5, 0.6) is 0 Å². The van der Waals surface area contributed by atoms with E-state index in [1.54, 1.807) is 48.7 Å². The van der Waals surface area contributed by atoms with Crippen LogP contribution in [0, 0.1) is 11.7 Å². The molecule has 0 saturated carbocycles. The summed E-state index contributed by atoms with van der Waals surface area (Å²) in [6.07, 6.45) is 3.72. The van der Waals surface area contributed by atoms with Crippen molar-refractivity contribution in [1.82, 2.24) is 19.2 Å². The number of β-lactam (4-membered cyclic amide) rings is 1. The van der Waals surface area contributed by atoms with E-state index in [0.29, 0.717) is 48.6 Å². The molecule has 0 atom stereocenters. The van der Waals surface area contributed by atoms with Crippen LogP contribution >= 0.6 is 0 Å². The molecule has 5 rings (SSSR count). The van der Waals surface area contributed by atoms with Gasteiger partial charge in [-0.1, -0.05) is 0 Å². The standard InChI is InChI=1S/C25H27FN6O3S/c26-19-1-3-20(4-2-19)28-23-9-13-27-25(30-23)29-21-5-7-22(8-6-21)36(34,35)32-15-10-18(11-16-32)17-31-14-12-24(31)33/h1-9,13,18H,10-12,14-17H2,(H2,27,28,29,30). The van der Waals surface area contributed by atoms with Gasteiger partial charge in [-0.15, -0.1) is 0 Å². The van der Waals surface area contributed by atoms with Crippen LogP contribution in [0.15, 0.2) is 65.7 Å². The van der Waals surface area contributed by atoms with Gasteiger partial charge in [0.15, 0.2) is 0 Å². The Balaban J connectivity index is 1.18. The summed E-state index contributed by atoms with van der Waals surface area (Å²) < 4.78 is 40.9. The van der Waals surface area contributed by atoms with E-state index in [1.807, 2.05) is 4.90 Å². The van der Waals surface area contributed by atoms with Gasteiger partial charge in [0, 0.05) is 50.2 Å². The van der Waals surface area contributed by atoms with Gasteiger partial charge in [-0.2, -0.15) is 9.29 Å². The molecule has 2 N–H and O–H groups in total. The van der Waals surface area contributed by atoms with E-state index in [9.17, 15) is 17.6 Å². The van der Waals surface area contributed by atoms with Crippen molar-refractivity contribution < 1.29 is 17.6 Å². The number of carbonyl (C=O) groups is 1. The smallest absolute Gasteiger partial charge is 0.243 e. The number of hydrogen-bond donors (Lipinski definition) is 2. The van der Waals surface area contributed by atoms with Crippen molar-refractivity contribution in [2.45, 2.75) is 24.2 Å². The summed E-state index contributed by atoms with van der Waals surface area (Å²) in [6.45, 7) is 2.46. The third-order valence-corrected chi connectivity index (χ3v) is 8.43. The predicted molar refractivity (Wildman–Crippen MR) is 134 cm³/mol. The molecule has 1 amide bonds. The van der Waals surface area contributed by atoms with E-state index in [1.165, 1.54) is 16.4 Å². The summed E-state index contributed by atoms with van der Waals surface area (Å²) >= 11 is 0. The van der Waals surface area contributed by atoms with E-state index in [0.717, 1.165) is 25.9 Å². The molecule has 11 heteroatoms. The minimum atomic E-state index is -3.59. The molecule has 0 unspecified atom stereocenters. The van der Waals surface area contributed by atoms with Crippen molar-refractivity contribution in [1.29, 1.82) is 0 Å². The number of nitrogens with one attached hydrogen (secondary N) is 2. The first kappa shape index (κ1) is 24.1. The number of benzene rings is 2. The first-order valence-corrected chi connectivity index (χ1v) is 13.3. The Kier molecular flexibility index (Phi) is 6.84. The Bertz CT molecular complexity index is 1330. The van der Waals surface area contributed by atoms with Gasteiger partial charge in [-0.05, 0) is 73.4 Å². The molecular formula is C25H27FN6O3S. The maximum Gasteiger partial charge on any atom is 0.243 e. The molecule has 3 aromatic rings. The molecule has 2 aliphatic rings. The molecule has 1 aromatic heterocycles. The zero-order chi connectivity index (χ0) is 25.1. The quantitative estimate of drug-likeness (QED) is 0.445. The second-order valence-electron chi connectivity index (χ2n) is 8.98. The highest BCUT2D eigenvalue weighted by Gasteiger charge is 2.32. The molecule has 9 nitrogen and oxygen atoms in total. The lowest BCUT2D eigenvalue weighted by Gasteiger charge is -2.37. The third kappa shape index (κ3) is 5.47. The summed E-state index contributed by atoms with van der Waals surface area (Å²) in [5.74, 6) is 1.08. The van der Waals surface area contributed by atoms with Gasteiger partial charge in [-0.25, -0.2) is 17.8 Å². The number of likely N-dealkylation sites (tertiary alicyclic amines) is 1. The van der Waals surface area contributed by atoms with Crippen LogP contribution in [0.25, 0.3) is 0 Å². The average Bonchev–Trinajstić information content (AvgIpc) is 2.88. The lowest BCUT2D eigenvalue weighted by molar-refractivity contribution is -0.140. The van der Waals surface area contributed by atoms with Crippen LogP contribution in [0.1, 0.15) is 19.3 Å². The van der Waals surface area contributed by atoms with Crippen LogP contribution in [-0.4, -0.2) is 59.7 Å². The van der Waals surface area contributed by atoms with Crippen molar-refractivity contribution in [3.63, 3.8) is 0 Å². The average molecular weight is 511 g/mol. The molecule has 3 heterocycles. The van der Waals surface area contributed by atoms with Crippen molar-refractivity contribution in [3.8, 4) is 0 Å². The molecule has 2 saturated heterocycles. The van der Waals surface area contributed by atoms with Crippen LogP contribution in [0.2, 0.25) is 0 Å². The van der Waals surface area contributed by atoms with E-state index in [4.69, 9.17) is 0 Å². The van der Waals surface area contributed by atoms with Gasteiger partial charge in [0.2, 0.25) is 21.9 Å². The highest BCUT2D eigenvalue weighted by atomic mass is 32.2. The van der Waals surface area contributed by atoms with Crippen LogP contribution < -0.4 is 10.6 Å². The highest BCUT2D eigenvalue weighted by Crippen LogP contribution is 2.27. The zero-order valence-electron chi connectivity index (χ0n) is 19.6. The van der Waals surface area contributed by atoms with E-state index >= 15 is 0 Å². The number of halogens is 1. The second kappa shape index (κ2) is 10.2. The number of hydrogen-bond acceptors (Lipinski definition) is 7. The molecular weight excluding hydrogens is 483 g/mol. The van der Waals surface area contributed by atoms with Crippen molar-refractivity contribution >= 4 is 39.1 Å². The van der Waals surface area contributed by atoms with Gasteiger partial charge >= 0.3 is 0 Å². The van der Waals surface area contributed by atoms with E-state index in [-0.39, 0.29) is 16.6 Å². The Labute approximate surface area is 209 Å². The maximum atomic E-state index is 13.1. The summed E-state index contributed by atoms with van der Waals surface area (Å²) in [7, 11) is -3.59. The Morgan fingerprint density at radius 2 is 1.58 bits per heavy atom. The Morgan fingerprint density at radius 1 is 0.917 bits per heavy atom. The maximum absolute atomic E-state index is 13.1.